The molecule has 0 saturated carbocycles. The lowest BCUT2D eigenvalue weighted by Gasteiger charge is -2.11. The highest BCUT2D eigenvalue weighted by Crippen LogP contribution is 2.32. The number of alkyl halides is 3. The molecule has 0 aliphatic heterocycles. The molecule has 104 valence electrons. The Morgan fingerprint density at radius 1 is 1.30 bits per heavy atom. The minimum absolute atomic E-state index is 0.00146. The summed E-state index contributed by atoms with van der Waals surface area (Å²) in [5.74, 6) is -0.954. The van der Waals surface area contributed by atoms with Crippen LogP contribution in [0.5, 0.6) is 0 Å². The zero-order valence-corrected chi connectivity index (χ0v) is 10.5. The molecule has 1 N–H and O–H groups in total. The summed E-state index contributed by atoms with van der Waals surface area (Å²) in [7, 11) is 0. The molecule has 0 bridgehead atoms. The van der Waals surface area contributed by atoms with E-state index in [0.717, 1.165) is 29.7 Å². The van der Waals surface area contributed by atoms with E-state index in [4.69, 9.17) is 0 Å². The normalized spacial score (nSPS) is 11.2. The van der Waals surface area contributed by atoms with E-state index in [1.165, 1.54) is 12.1 Å². The Morgan fingerprint density at radius 2 is 2.00 bits per heavy atom. The number of thiazole rings is 1. The number of hydrogen-bond donors (Lipinski definition) is 1. The van der Waals surface area contributed by atoms with Crippen molar-refractivity contribution >= 4 is 27.4 Å². The first kappa shape index (κ1) is 14.1. The molecule has 0 atom stereocenters. The average Bonchev–Trinajstić information content (AvgIpc) is 2.85. The Kier molecular flexibility index (Phi) is 3.79. The van der Waals surface area contributed by atoms with E-state index in [1.54, 1.807) is 0 Å². The summed E-state index contributed by atoms with van der Waals surface area (Å²) >= 11 is 0.766. The number of benzene rings is 1. The van der Waals surface area contributed by atoms with E-state index in [9.17, 15) is 22.9 Å². The van der Waals surface area contributed by atoms with Crippen LogP contribution in [0.3, 0.4) is 0 Å². The molecule has 1 aromatic carbocycles. The fourth-order valence-corrected chi connectivity index (χ4v) is 2.05. The van der Waals surface area contributed by atoms with Crippen LogP contribution in [0.1, 0.15) is 15.9 Å². The van der Waals surface area contributed by atoms with E-state index in [2.05, 4.69) is 15.5 Å². The number of nitrogens with zero attached hydrogens (tertiary/aromatic N) is 2. The van der Waals surface area contributed by atoms with Gasteiger partial charge in [-0.25, -0.2) is 4.98 Å². The van der Waals surface area contributed by atoms with Crippen LogP contribution < -0.4 is 5.32 Å². The first-order chi connectivity index (χ1) is 9.41. The molecule has 9 heteroatoms. The van der Waals surface area contributed by atoms with Crippen molar-refractivity contribution in [2.24, 2.45) is 5.18 Å². The SMILES string of the molecule is O=Nc1cnc(NC(=O)c2ccccc2C(F)(F)F)s1. The predicted octanol–water partition coefficient (Wildman–Crippen LogP) is 3.81. The summed E-state index contributed by atoms with van der Waals surface area (Å²) in [6, 6.07) is 4.39. The number of rotatable bonds is 3. The lowest BCUT2D eigenvalue weighted by Crippen LogP contribution is -2.18. The second-order valence-corrected chi connectivity index (χ2v) is 4.60. The summed E-state index contributed by atoms with van der Waals surface area (Å²) in [5.41, 5.74) is -1.56. The maximum Gasteiger partial charge on any atom is 0.417 e. The van der Waals surface area contributed by atoms with Crippen LogP contribution >= 0.6 is 11.3 Å². The van der Waals surface area contributed by atoms with Crippen LogP contribution in [0.2, 0.25) is 0 Å². The van der Waals surface area contributed by atoms with Gasteiger partial charge in [0.2, 0.25) is 0 Å². The van der Waals surface area contributed by atoms with Crippen molar-refractivity contribution in [3.63, 3.8) is 0 Å². The Hall–Kier alpha value is -2.29. The lowest BCUT2D eigenvalue weighted by molar-refractivity contribution is -0.137. The zero-order chi connectivity index (χ0) is 14.8. The average molecular weight is 301 g/mol. The van der Waals surface area contributed by atoms with Crippen LogP contribution in [0, 0.1) is 4.91 Å². The molecule has 0 unspecified atom stereocenters. The molecule has 20 heavy (non-hydrogen) atoms. The van der Waals surface area contributed by atoms with Gasteiger partial charge in [-0.15, -0.1) is 4.91 Å². The maximum atomic E-state index is 12.8. The highest BCUT2D eigenvalue weighted by molar-refractivity contribution is 7.19. The molecule has 1 aromatic heterocycles. The standard InChI is InChI=1S/C11H6F3N3O2S/c12-11(13,14)7-4-2-1-3-6(7)9(18)16-10-15-5-8(17-19)20-10/h1-5H,(H,15,16,18). The second-order valence-electron chi connectivity index (χ2n) is 3.59. The van der Waals surface area contributed by atoms with Gasteiger partial charge in [-0.05, 0) is 17.3 Å². The van der Waals surface area contributed by atoms with Crippen molar-refractivity contribution in [3.8, 4) is 0 Å². The number of aromatic nitrogens is 1. The number of nitrogens with one attached hydrogen (secondary N) is 1. The first-order valence-corrected chi connectivity index (χ1v) is 6.00. The Bertz CT molecular complexity index is 654. The fraction of sp³-hybridized carbons (Fsp3) is 0.0909. The molecule has 1 amide bonds. The van der Waals surface area contributed by atoms with Crippen LogP contribution in [0.25, 0.3) is 0 Å². The summed E-state index contributed by atoms with van der Waals surface area (Å²) in [5, 5.41) is 4.82. The van der Waals surface area contributed by atoms with Crippen LogP contribution in [-0.2, 0) is 6.18 Å². The fourth-order valence-electron chi connectivity index (χ4n) is 1.46. The summed E-state index contributed by atoms with van der Waals surface area (Å²) < 4.78 is 38.3. The van der Waals surface area contributed by atoms with Gasteiger partial charge in [0.15, 0.2) is 10.1 Å². The molecule has 1 heterocycles. The lowest BCUT2D eigenvalue weighted by atomic mass is 10.1. The third-order valence-corrected chi connectivity index (χ3v) is 3.07. The minimum Gasteiger partial charge on any atom is -0.298 e. The molecule has 0 radical (unpaired) electrons. The molecule has 0 saturated heterocycles. The van der Waals surface area contributed by atoms with E-state index < -0.39 is 23.2 Å². The number of nitroso groups, excluding NO2 is 1. The largest absolute Gasteiger partial charge is 0.417 e. The Labute approximate surface area is 114 Å². The molecule has 2 aromatic rings. The Balaban J connectivity index is 2.28. The topological polar surface area (TPSA) is 71.4 Å². The zero-order valence-electron chi connectivity index (χ0n) is 9.64. The highest BCUT2D eigenvalue weighted by Gasteiger charge is 2.34. The van der Waals surface area contributed by atoms with Crippen LogP contribution in [0.4, 0.5) is 23.3 Å². The van der Waals surface area contributed by atoms with Crippen molar-refractivity contribution in [1.82, 2.24) is 4.98 Å². The van der Waals surface area contributed by atoms with E-state index in [0.29, 0.717) is 0 Å². The number of anilines is 1. The quantitative estimate of drug-likeness (QED) is 0.876. The second kappa shape index (κ2) is 5.37. The summed E-state index contributed by atoms with van der Waals surface area (Å²) in [6.45, 7) is 0. The molecule has 0 aliphatic rings. The van der Waals surface area contributed by atoms with Gasteiger partial charge < -0.3 is 0 Å². The van der Waals surface area contributed by atoms with E-state index >= 15 is 0 Å². The first-order valence-electron chi connectivity index (χ1n) is 5.18. The number of halogens is 3. The monoisotopic (exact) mass is 301 g/mol. The number of amides is 1. The molecule has 2 rings (SSSR count). The third kappa shape index (κ3) is 2.99. The maximum absolute atomic E-state index is 12.8. The van der Waals surface area contributed by atoms with Gasteiger partial charge in [-0.1, -0.05) is 23.5 Å². The van der Waals surface area contributed by atoms with Gasteiger partial charge in [0.05, 0.1) is 17.3 Å². The van der Waals surface area contributed by atoms with Gasteiger partial charge in [0, 0.05) is 0 Å². The van der Waals surface area contributed by atoms with Gasteiger partial charge >= 0.3 is 6.18 Å². The number of carbonyl (C=O) groups is 1. The molecule has 0 fully saturated rings. The third-order valence-electron chi connectivity index (χ3n) is 2.28. The van der Waals surface area contributed by atoms with Crippen molar-refractivity contribution < 1.29 is 18.0 Å². The van der Waals surface area contributed by atoms with Crippen LogP contribution in [0.15, 0.2) is 35.6 Å². The molecule has 0 aliphatic carbocycles. The number of hydrogen-bond acceptors (Lipinski definition) is 5. The van der Waals surface area contributed by atoms with Gasteiger partial charge in [0.25, 0.3) is 5.91 Å². The van der Waals surface area contributed by atoms with Crippen molar-refractivity contribution in [2.45, 2.75) is 6.18 Å². The predicted molar refractivity (Wildman–Crippen MR) is 67.0 cm³/mol. The summed E-state index contributed by atoms with van der Waals surface area (Å²) in [4.78, 5) is 25.7. The van der Waals surface area contributed by atoms with Crippen molar-refractivity contribution in [2.75, 3.05) is 5.32 Å². The molecular formula is C11H6F3N3O2S. The van der Waals surface area contributed by atoms with E-state index in [-0.39, 0.29) is 10.1 Å². The minimum atomic E-state index is -4.63. The molecule has 5 nitrogen and oxygen atoms in total. The van der Waals surface area contributed by atoms with Gasteiger partial charge in [-0.2, -0.15) is 13.2 Å². The summed E-state index contributed by atoms with van der Waals surface area (Å²) in [6.07, 6.45) is -3.52. The van der Waals surface area contributed by atoms with Gasteiger partial charge in [-0.3, -0.25) is 10.1 Å². The highest BCUT2D eigenvalue weighted by atomic mass is 32.1. The molecular weight excluding hydrogens is 295 g/mol. The Morgan fingerprint density at radius 3 is 2.60 bits per heavy atom. The van der Waals surface area contributed by atoms with Crippen molar-refractivity contribution in [3.05, 3.63) is 46.5 Å². The molecule has 0 spiro atoms. The van der Waals surface area contributed by atoms with Crippen molar-refractivity contribution in [1.29, 1.82) is 0 Å². The van der Waals surface area contributed by atoms with Gasteiger partial charge in [0.1, 0.15) is 0 Å². The number of carbonyl (C=O) groups excluding carboxylic acids is 1. The van der Waals surface area contributed by atoms with E-state index in [1.807, 2.05) is 0 Å². The van der Waals surface area contributed by atoms with Crippen LogP contribution in [-0.4, -0.2) is 10.9 Å². The smallest absolute Gasteiger partial charge is 0.298 e.